The van der Waals surface area contributed by atoms with Crippen LogP contribution in [0.2, 0.25) is 0 Å². The molecule has 0 bridgehead atoms. The second kappa shape index (κ2) is 11.4. The first-order valence-corrected chi connectivity index (χ1v) is 11.6. The molecule has 1 aliphatic heterocycles. The van der Waals surface area contributed by atoms with Gasteiger partial charge in [0.25, 0.3) is 5.91 Å². The van der Waals surface area contributed by atoms with Crippen molar-refractivity contribution in [1.29, 1.82) is 0 Å². The average molecular weight is 442 g/mol. The molecule has 6 heteroatoms. The third kappa shape index (κ3) is 6.53. The lowest BCUT2D eigenvalue weighted by atomic mass is 10.0. The molecule has 3 rings (SSSR count). The van der Waals surface area contributed by atoms with Crippen LogP contribution in [0.3, 0.4) is 0 Å². The van der Waals surface area contributed by atoms with Gasteiger partial charge in [-0.3, -0.25) is 14.6 Å². The number of carbonyl (C=O) groups excluding carboxylic acids is 1. The lowest BCUT2D eigenvalue weighted by molar-refractivity contribution is 0.0909. The Morgan fingerprint density at radius 3 is 2.38 bits per heavy atom. The molecule has 2 aromatic carbocycles. The summed E-state index contributed by atoms with van der Waals surface area (Å²) in [5, 5.41) is 3.18. The molecule has 2 aromatic rings. The van der Waals surface area contributed by atoms with Crippen molar-refractivity contribution in [2.45, 2.75) is 58.8 Å². The number of methoxy groups -OCH3 is 1. The quantitative estimate of drug-likeness (QED) is 0.624. The van der Waals surface area contributed by atoms with E-state index < -0.39 is 0 Å². The zero-order chi connectivity index (χ0) is 23.1. The molecular weight excluding hydrogens is 405 g/mol. The van der Waals surface area contributed by atoms with Gasteiger partial charge in [-0.25, -0.2) is 4.39 Å². The highest BCUT2D eigenvalue weighted by atomic mass is 19.1. The van der Waals surface area contributed by atoms with Crippen molar-refractivity contribution in [3.8, 4) is 5.75 Å². The Labute approximate surface area is 191 Å². The molecule has 0 aromatic heterocycles. The number of hydrogen-bond acceptors (Lipinski definition) is 4. The summed E-state index contributed by atoms with van der Waals surface area (Å²) in [4.78, 5) is 17.4. The van der Waals surface area contributed by atoms with Crippen molar-refractivity contribution in [3.05, 3.63) is 65.0 Å². The van der Waals surface area contributed by atoms with E-state index in [4.69, 9.17) is 4.74 Å². The summed E-state index contributed by atoms with van der Waals surface area (Å²) in [6.07, 6.45) is 1.78. The number of likely N-dealkylation sites (tertiary alicyclic amines) is 1. The van der Waals surface area contributed by atoms with Gasteiger partial charge in [-0.1, -0.05) is 25.1 Å². The van der Waals surface area contributed by atoms with Gasteiger partial charge in [0.2, 0.25) is 0 Å². The maximum Gasteiger partial charge on any atom is 0.251 e. The number of carbonyl (C=O) groups is 1. The molecule has 0 saturated carbocycles. The van der Waals surface area contributed by atoms with Crippen molar-refractivity contribution in [3.63, 3.8) is 0 Å². The SMILES string of the molecule is CCN(Cc1ccc(C(=O)NC2CCN(Cc3ccc(OC)c(F)c3)CC2)cc1)C(C)C. The Hall–Kier alpha value is -2.44. The minimum Gasteiger partial charge on any atom is -0.494 e. The van der Waals surface area contributed by atoms with Gasteiger partial charge in [0.1, 0.15) is 0 Å². The van der Waals surface area contributed by atoms with Gasteiger partial charge in [-0.05, 0) is 68.6 Å². The number of rotatable bonds is 9. The maximum absolute atomic E-state index is 13.9. The Morgan fingerprint density at radius 2 is 1.81 bits per heavy atom. The van der Waals surface area contributed by atoms with E-state index >= 15 is 0 Å². The van der Waals surface area contributed by atoms with Crippen molar-refractivity contribution in [2.75, 3.05) is 26.7 Å². The standard InChI is InChI=1S/C26H36FN3O2/c1-5-30(19(2)3)18-20-6-9-22(10-7-20)26(31)28-23-12-14-29(15-13-23)17-21-8-11-25(32-4)24(27)16-21/h6-11,16,19,23H,5,12-15,17-18H2,1-4H3,(H,28,31). The molecule has 0 unspecified atom stereocenters. The number of halogens is 1. The van der Waals surface area contributed by atoms with Crippen LogP contribution < -0.4 is 10.1 Å². The molecular formula is C26H36FN3O2. The van der Waals surface area contributed by atoms with E-state index in [1.54, 1.807) is 6.07 Å². The van der Waals surface area contributed by atoms with Crippen molar-refractivity contribution < 1.29 is 13.9 Å². The fourth-order valence-electron chi connectivity index (χ4n) is 4.23. The van der Waals surface area contributed by atoms with Crippen molar-refractivity contribution >= 4 is 5.91 Å². The number of hydrogen-bond donors (Lipinski definition) is 1. The lowest BCUT2D eigenvalue weighted by Gasteiger charge is -2.32. The average Bonchev–Trinajstić information content (AvgIpc) is 2.79. The third-order valence-electron chi connectivity index (χ3n) is 6.28. The van der Waals surface area contributed by atoms with Gasteiger partial charge >= 0.3 is 0 Å². The molecule has 0 radical (unpaired) electrons. The molecule has 0 atom stereocenters. The largest absolute Gasteiger partial charge is 0.494 e. The summed E-state index contributed by atoms with van der Waals surface area (Å²) in [6.45, 7) is 10.9. The van der Waals surface area contributed by atoms with Crippen molar-refractivity contribution in [1.82, 2.24) is 15.1 Å². The Bertz CT molecular complexity index is 877. The smallest absolute Gasteiger partial charge is 0.251 e. The van der Waals surface area contributed by atoms with Crippen LogP contribution in [-0.4, -0.2) is 54.5 Å². The number of piperidine rings is 1. The van der Waals surface area contributed by atoms with E-state index in [1.807, 2.05) is 18.2 Å². The summed E-state index contributed by atoms with van der Waals surface area (Å²) in [7, 11) is 1.47. The van der Waals surface area contributed by atoms with E-state index in [-0.39, 0.29) is 23.5 Å². The Balaban J connectivity index is 1.46. The molecule has 1 N–H and O–H groups in total. The molecule has 1 saturated heterocycles. The van der Waals surface area contributed by atoms with Gasteiger partial charge in [-0.2, -0.15) is 0 Å². The second-order valence-electron chi connectivity index (χ2n) is 8.85. The molecule has 1 aliphatic rings. The Morgan fingerprint density at radius 1 is 1.16 bits per heavy atom. The monoisotopic (exact) mass is 441 g/mol. The number of nitrogens with zero attached hydrogens (tertiary/aromatic N) is 2. The number of ether oxygens (including phenoxy) is 1. The zero-order valence-electron chi connectivity index (χ0n) is 19.7. The van der Waals surface area contributed by atoms with Crippen LogP contribution in [0.5, 0.6) is 5.75 Å². The second-order valence-corrected chi connectivity index (χ2v) is 8.85. The zero-order valence-corrected chi connectivity index (χ0v) is 19.7. The molecule has 1 amide bonds. The highest BCUT2D eigenvalue weighted by molar-refractivity contribution is 5.94. The highest BCUT2D eigenvalue weighted by Gasteiger charge is 2.21. The summed E-state index contributed by atoms with van der Waals surface area (Å²) in [6, 6.07) is 13.7. The third-order valence-corrected chi connectivity index (χ3v) is 6.28. The number of benzene rings is 2. The van der Waals surface area contributed by atoms with E-state index in [0.717, 1.165) is 44.6 Å². The fourth-order valence-corrected chi connectivity index (χ4v) is 4.23. The molecule has 1 fully saturated rings. The Kier molecular flexibility index (Phi) is 8.65. The van der Waals surface area contributed by atoms with Crippen LogP contribution in [-0.2, 0) is 13.1 Å². The van der Waals surface area contributed by atoms with Gasteiger partial charge in [0.05, 0.1) is 7.11 Å². The van der Waals surface area contributed by atoms with E-state index in [2.05, 4.69) is 48.0 Å². The van der Waals surface area contributed by atoms with Crippen LogP contribution in [0.25, 0.3) is 0 Å². The molecule has 32 heavy (non-hydrogen) atoms. The molecule has 0 spiro atoms. The normalized spacial score (nSPS) is 15.3. The first-order chi connectivity index (χ1) is 15.4. The predicted octanol–water partition coefficient (Wildman–Crippen LogP) is 4.46. The van der Waals surface area contributed by atoms with Crippen LogP contribution in [0.1, 0.15) is 55.1 Å². The molecule has 5 nitrogen and oxygen atoms in total. The summed E-state index contributed by atoms with van der Waals surface area (Å²) >= 11 is 0. The first kappa shape index (κ1) is 24.2. The summed E-state index contributed by atoms with van der Waals surface area (Å²) in [5.41, 5.74) is 2.86. The van der Waals surface area contributed by atoms with Crippen molar-refractivity contribution in [2.24, 2.45) is 0 Å². The molecule has 174 valence electrons. The van der Waals surface area contributed by atoms with Crippen LogP contribution >= 0.6 is 0 Å². The van der Waals surface area contributed by atoms with Gasteiger partial charge in [0, 0.05) is 43.8 Å². The summed E-state index contributed by atoms with van der Waals surface area (Å²) < 4.78 is 18.9. The maximum atomic E-state index is 13.9. The number of amides is 1. The van der Waals surface area contributed by atoms with Gasteiger partial charge in [-0.15, -0.1) is 0 Å². The van der Waals surface area contributed by atoms with E-state index in [1.165, 1.54) is 18.7 Å². The van der Waals surface area contributed by atoms with Gasteiger partial charge < -0.3 is 10.1 Å². The topological polar surface area (TPSA) is 44.8 Å². The van der Waals surface area contributed by atoms with E-state index in [0.29, 0.717) is 18.2 Å². The fraction of sp³-hybridized carbons (Fsp3) is 0.500. The molecule has 0 aliphatic carbocycles. The predicted molar refractivity (Wildman–Crippen MR) is 126 cm³/mol. The minimum absolute atomic E-state index is 0.0107. The highest BCUT2D eigenvalue weighted by Crippen LogP contribution is 2.20. The first-order valence-electron chi connectivity index (χ1n) is 11.6. The van der Waals surface area contributed by atoms with Crippen LogP contribution in [0.15, 0.2) is 42.5 Å². The van der Waals surface area contributed by atoms with Gasteiger partial charge in [0.15, 0.2) is 11.6 Å². The van der Waals surface area contributed by atoms with Crippen LogP contribution in [0.4, 0.5) is 4.39 Å². The van der Waals surface area contributed by atoms with Crippen LogP contribution in [0, 0.1) is 5.82 Å². The van der Waals surface area contributed by atoms with E-state index in [9.17, 15) is 9.18 Å². The molecule has 1 heterocycles. The number of nitrogens with one attached hydrogen (secondary N) is 1. The lowest BCUT2D eigenvalue weighted by Crippen LogP contribution is -2.44. The summed E-state index contributed by atoms with van der Waals surface area (Å²) in [5.74, 6) is -0.0703. The minimum atomic E-state index is -0.329.